The van der Waals surface area contributed by atoms with Crippen LogP contribution < -0.4 is 9.47 Å². The van der Waals surface area contributed by atoms with Crippen LogP contribution in [0.1, 0.15) is 89.7 Å². The molecule has 2 aromatic carbocycles. The molecule has 0 N–H and O–H groups in total. The molecule has 2 fully saturated rings. The molecule has 0 bridgehead atoms. The van der Waals surface area contributed by atoms with Crippen molar-refractivity contribution in [3.05, 3.63) is 75.7 Å². The van der Waals surface area contributed by atoms with Crippen LogP contribution in [0.15, 0.2) is 52.7 Å². The van der Waals surface area contributed by atoms with Gasteiger partial charge in [0.1, 0.15) is 24.2 Å². The van der Waals surface area contributed by atoms with Crippen molar-refractivity contribution in [2.24, 2.45) is 5.92 Å². The molecule has 1 saturated heterocycles. The summed E-state index contributed by atoms with van der Waals surface area (Å²) in [5, 5.41) is 0. The molecule has 0 spiro atoms. The van der Waals surface area contributed by atoms with Crippen molar-refractivity contribution in [1.82, 2.24) is 9.21 Å². The van der Waals surface area contributed by atoms with Gasteiger partial charge in [0.2, 0.25) is 0 Å². The molecule has 1 saturated carbocycles. The number of fused-ring (bicyclic) bond motifs is 1. The molecule has 0 amide bonds. The molecule has 1 aliphatic carbocycles. The predicted molar refractivity (Wildman–Crippen MR) is 173 cm³/mol. The fourth-order valence-corrected chi connectivity index (χ4v) is 8.82. The van der Waals surface area contributed by atoms with E-state index in [1.165, 1.54) is 58.6 Å². The summed E-state index contributed by atoms with van der Waals surface area (Å²) in [5.74, 6) is 3.31. The normalized spacial score (nSPS) is 22.3. The van der Waals surface area contributed by atoms with Crippen LogP contribution in [0.4, 0.5) is 0 Å². The summed E-state index contributed by atoms with van der Waals surface area (Å²) in [6.07, 6.45) is 11.0. The van der Waals surface area contributed by atoms with Gasteiger partial charge in [-0.15, -0.1) is 11.3 Å². The Kier molecular flexibility index (Phi) is 9.90. The number of likely N-dealkylation sites (tertiary alicyclic amines) is 1. The van der Waals surface area contributed by atoms with Gasteiger partial charge in [0.05, 0.1) is 9.09 Å². The number of thiophene rings is 1. The van der Waals surface area contributed by atoms with Gasteiger partial charge in [-0.05, 0) is 122 Å². The molecule has 2 aliphatic heterocycles. The van der Waals surface area contributed by atoms with Gasteiger partial charge in [-0.2, -0.15) is 0 Å². The highest BCUT2D eigenvalue weighted by Crippen LogP contribution is 2.42. The molecule has 224 valence electrons. The molecule has 2 unspecified atom stereocenters. The molecule has 6 rings (SSSR count). The van der Waals surface area contributed by atoms with Crippen LogP contribution in [0.5, 0.6) is 11.5 Å². The van der Waals surface area contributed by atoms with Crippen LogP contribution in [0.2, 0.25) is 0 Å². The van der Waals surface area contributed by atoms with Gasteiger partial charge in [-0.1, -0.05) is 38.3 Å². The standard InChI is InChI=1S/C35H44N2O3S2/c1-25-5-3-4-6-27(19-25)33-21-31(20-28-13-18-37(22-34(28)33)42-35-12-11-32(23-38)41-35)39-24-26-7-9-29(10-8-26)40-30-14-16-36(2)17-15-30/h7-12,20-21,23,25,27,30H,3-6,13-19,22,24H2,1-2H3. The van der Waals surface area contributed by atoms with E-state index in [1.807, 2.05) is 6.07 Å². The molecule has 42 heavy (non-hydrogen) atoms. The Morgan fingerprint density at radius 1 is 0.976 bits per heavy atom. The Morgan fingerprint density at radius 2 is 1.79 bits per heavy atom. The number of rotatable bonds is 9. The lowest BCUT2D eigenvalue weighted by Gasteiger charge is -2.32. The summed E-state index contributed by atoms with van der Waals surface area (Å²) in [6, 6.07) is 17.2. The predicted octanol–water partition coefficient (Wildman–Crippen LogP) is 8.36. The second kappa shape index (κ2) is 14.0. The van der Waals surface area contributed by atoms with E-state index >= 15 is 0 Å². The number of nitrogens with zero attached hydrogens (tertiary/aromatic N) is 2. The second-order valence-electron chi connectivity index (χ2n) is 12.5. The van der Waals surface area contributed by atoms with Gasteiger partial charge in [0, 0.05) is 26.2 Å². The van der Waals surface area contributed by atoms with Crippen molar-refractivity contribution in [2.45, 2.75) is 87.7 Å². The third kappa shape index (κ3) is 7.60. The van der Waals surface area contributed by atoms with Gasteiger partial charge in [-0.3, -0.25) is 4.79 Å². The SMILES string of the molecule is CC1CCCCC(c2cc(OCc3ccc(OC4CCN(C)CC4)cc3)cc3c2CN(Sc2ccc(C=O)s2)CC3)C1. The quantitative estimate of drug-likeness (QED) is 0.139. The Labute approximate surface area is 259 Å². The molecule has 0 radical (unpaired) electrons. The summed E-state index contributed by atoms with van der Waals surface area (Å²) < 4.78 is 16.4. The number of carbonyl (C=O) groups is 1. The molecule has 3 aromatic rings. The second-order valence-corrected chi connectivity index (χ2v) is 15.0. The molecule has 5 nitrogen and oxygen atoms in total. The van der Waals surface area contributed by atoms with Crippen LogP contribution in [0, 0.1) is 5.92 Å². The van der Waals surface area contributed by atoms with E-state index in [1.54, 1.807) is 23.3 Å². The van der Waals surface area contributed by atoms with E-state index in [9.17, 15) is 4.79 Å². The monoisotopic (exact) mass is 604 g/mol. The van der Waals surface area contributed by atoms with E-state index in [2.05, 4.69) is 65.6 Å². The van der Waals surface area contributed by atoms with Crippen molar-refractivity contribution < 1.29 is 14.3 Å². The van der Waals surface area contributed by atoms with Crippen molar-refractivity contribution in [2.75, 3.05) is 26.7 Å². The van der Waals surface area contributed by atoms with Gasteiger partial charge in [-0.25, -0.2) is 4.31 Å². The lowest BCUT2D eigenvalue weighted by atomic mass is 9.82. The first kappa shape index (κ1) is 29.7. The Morgan fingerprint density at radius 3 is 2.57 bits per heavy atom. The third-order valence-electron chi connectivity index (χ3n) is 9.18. The molecule has 3 aliphatic rings. The Hall–Kier alpha value is -2.32. The summed E-state index contributed by atoms with van der Waals surface area (Å²) in [4.78, 5) is 14.4. The summed E-state index contributed by atoms with van der Waals surface area (Å²) >= 11 is 3.38. The zero-order chi connectivity index (χ0) is 28.9. The van der Waals surface area contributed by atoms with Crippen molar-refractivity contribution in [3.8, 4) is 11.5 Å². The highest BCUT2D eigenvalue weighted by atomic mass is 32.2. The van der Waals surface area contributed by atoms with Crippen LogP contribution in [0.25, 0.3) is 0 Å². The van der Waals surface area contributed by atoms with E-state index in [-0.39, 0.29) is 0 Å². The van der Waals surface area contributed by atoms with Crippen LogP contribution in [0.3, 0.4) is 0 Å². The average Bonchev–Trinajstić information content (AvgIpc) is 3.35. The zero-order valence-corrected chi connectivity index (χ0v) is 26.7. The van der Waals surface area contributed by atoms with Crippen LogP contribution >= 0.6 is 23.3 Å². The summed E-state index contributed by atoms with van der Waals surface area (Å²) in [5.41, 5.74) is 5.62. The number of hydrogen-bond acceptors (Lipinski definition) is 7. The number of ether oxygens (including phenoxy) is 2. The maximum Gasteiger partial charge on any atom is 0.160 e. The number of piperidine rings is 1. The van der Waals surface area contributed by atoms with E-state index in [4.69, 9.17) is 9.47 Å². The summed E-state index contributed by atoms with van der Waals surface area (Å²) in [7, 11) is 2.18. The number of aldehydes is 1. The molecule has 1 aromatic heterocycles. The highest BCUT2D eigenvalue weighted by Gasteiger charge is 2.27. The van der Waals surface area contributed by atoms with Crippen LogP contribution in [-0.2, 0) is 19.6 Å². The first-order chi connectivity index (χ1) is 20.5. The fraction of sp³-hybridized carbons (Fsp3) is 0.514. The first-order valence-corrected chi connectivity index (χ1v) is 17.3. The van der Waals surface area contributed by atoms with Crippen molar-refractivity contribution >= 4 is 29.6 Å². The largest absolute Gasteiger partial charge is 0.490 e. The van der Waals surface area contributed by atoms with Crippen LogP contribution in [-0.4, -0.2) is 48.3 Å². The first-order valence-electron chi connectivity index (χ1n) is 15.7. The van der Waals surface area contributed by atoms with Gasteiger partial charge < -0.3 is 14.4 Å². The van der Waals surface area contributed by atoms with E-state index in [0.717, 1.165) is 74.0 Å². The van der Waals surface area contributed by atoms with E-state index in [0.29, 0.717) is 18.6 Å². The number of carbonyl (C=O) groups excluding carboxylic acids is 1. The topological polar surface area (TPSA) is 42.0 Å². The maximum atomic E-state index is 11.2. The molecule has 7 heteroatoms. The van der Waals surface area contributed by atoms with E-state index < -0.39 is 0 Å². The fourth-order valence-electron chi connectivity index (χ4n) is 6.76. The maximum absolute atomic E-state index is 11.2. The number of hydrogen-bond donors (Lipinski definition) is 0. The number of benzene rings is 2. The molecular formula is C35H44N2O3S2. The lowest BCUT2D eigenvalue weighted by Crippen LogP contribution is -2.35. The smallest absolute Gasteiger partial charge is 0.160 e. The minimum Gasteiger partial charge on any atom is -0.490 e. The molecule has 2 atom stereocenters. The summed E-state index contributed by atoms with van der Waals surface area (Å²) in [6.45, 7) is 7.13. The highest BCUT2D eigenvalue weighted by molar-refractivity contribution is 7.98. The van der Waals surface area contributed by atoms with Gasteiger partial charge >= 0.3 is 0 Å². The minimum absolute atomic E-state index is 0.317. The molecular weight excluding hydrogens is 561 g/mol. The molecule has 3 heterocycles. The lowest BCUT2D eigenvalue weighted by molar-refractivity contribution is 0.112. The zero-order valence-electron chi connectivity index (χ0n) is 25.1. The Balaban J connectivity index is 1.16. The van der Waals surface area contributed by atoms with Crippen molar-refractivity contribution in [1.29, 1.82) is 0 Å². The minimum atomic E-state index is 0.317. The van der Waals surface area contributed by atoms with Gasteiger partial charge in [0.15, 0.2) is 6.29 Å². The third-order valence-corrected chi connectivity index (χ3v) is 11.3. The van der Waals surface area contributed by atoms with Crippen molar-refractivity contribution in [3.63, 3.8) is 0 Å². The average molecular weight is 605 g/mol. The van der Waals surface area contributed by atoms with Gasteiger partial charge in [0.25, 0.3) is 0 Å². The Bertz CT molecular complexity index is 1330.